The third-order valence-corrected chi connectivity index (χ3v) is 7.36. The second-order valence-electron chi connectivity index (χ2n) is 9.20. The summed E-state index contributed by atoms with van der Waals surface area (Å²) in [7, 11) is 1.71. The molecule has 1 aromatic carbocycles. The molecule has 29 heavy (non-hydrogen) atoms. The predicted octanol–water partition coefficient (Wildman–Crippen LogP) is 3.06. The van der Waals surface area contributed by atoms with E-state index in [1.807, 2.05) is 4.90 Å². The van der Waals surface area contributed by atoms with Crippen LogP contribution in [0.3, 0.4) is 0 Å². The normalized spacial score (nSPS) is 23.9. The van der Waals surface area contributed by atoms with Crippen molar-refractivity contribution in [2.75, 3.05) is 39.9 Å². The van der Waals surface area contributed by atoms with Crippen LogP contribution in [-0.2, 0) is 27.2 Å². The smallest absolute Gasteiger partial charge is 0.226 e. The van der Waals surface area contributed by atoms with Gasteiger partial charge < -0.3 is 14.5 Å². The Balaban J connectivity index is 1.32. The number of aryl methyl sites for hydroxylation is 1. The highest BCUT2D eigenvalue weighted by Crippen LogP contribution is 2.41. The van der Waals surface area contributed by atoms with Gasteiger partial charge in [0.1, 0.15) is 0 Å². The largest absolute Gasteiger partial charge is 0.385 e. The fourth-order valence-electron chi connectivity index (χ4n) is 5.48. The maximum atomic E-state index is 13.2. The van der Waals surface area contributed by atoms with Crippen LogP contribution in [0.4, 0.5) is 0 Å². The van der Waals surface area contributed by atoms with Crippen molar-refractivity contribution in [3.63, 3.8) is 0 Å². The molecule has 2 saturated heterocycles. The molecule has 1 atom stereocenters. The molecule has 1 spiro atoms. The van der Waals surface area contributed by atoms with Gasteiger partial charge in [0.25, 0.3) is 0 Å². The molecular weight excluding hydrogens is 364 g/mol. The monoisotopic (exact) mass is 398 g/mol. The predicted molar refractivity (Wildman–Crippen MR) is 113 cm³/mol. The van der Waals surface area contributed by atoms with Crippen LogP contribution in [0.25, 0.3) is 0 Å². The van der Waals surface area contributed by atoms with Crippen LogP contribution in [-0.4, -0.2) is 61.5 Å². The highest BCUT2D eigenvalue weighted by molar-refractivity contribution is 5.80. The minimum absolute atomic E-state index is 0.137. The van der Waals surface area contributed by atoms with Gasteiger partial charge in [-0.25, -0.2) is 0 Å². The van der Waals surface area contributed by atoms with Gasteiger partial charge in [0.15, 0.2) is 0 Å². The number of piperidine rings is 2. The molecule has 3 aliphatic rings. The molecular formula is C24H34N2O3. The van der Waals surface area contributed by atoms with Crippen molar-refractivity contribution in [1.29, 1.82) is 0 Å². The second-order valence-corrected chi connectivity index (χ2v) is 9.20. The van der Waals surface area contributed by atoms with Crippen LogP contribution < -0.4 is 0 Å². The molecule has 2 aliphatic heterocycles. The Kier molecular flexibility index (Phi) is 6.23. The third-order valence-electron chi connectivity index (χ3n) is 7.36. The number of rotatable bonds is 5. The molecule has 5 nitrogen and oxygen atoms in total. The average Bonchev–Trinajstić information content (AvgIpc) is 2.76. The van der Waals surface area contributed by atoms with Crippen molar-refractivity contribution in [2.45, 2.75) is 51.4 Å². The van der Waals surface area contributed by atoms with Crippen LogP contribution in [0.15, 0.2) is 24.3 Å². The highest BCUT2D eigenvalue weighted by Gasteiger charge is 2.42. The summed E-state index contributed by atoms with van der Waals surface area (Å²) in [5, 5.41) is 0. The van der Waals surface area contributed by atoms with Crippen LogP contribution in [0, 0.1) is 11.3 Å². The van der Waals surface area contributed by atoms with E-state index in [4.69, 9.17) is 4.74 Å². The molecule has 0 aromatic heterocycles. The molecule has 4 rings (SSSR count). The summed E-state index contributed by atoms with van der Waals surface area (Å²) in [5.41, 5.74) is 2.97. The maximum absolute atomic E-state index is 13.2. The lowest BCUT2D eigenvalue weighted by molar-refractivity contribution is -0.144. The average molecular weight is 399 g/mol. The topological polar surface area (TPSA) is 49.9 Å². The lowest BCUT2D eigenvalue weighted by atomic mass is 9.72. The van der Waals surface area contributed by atoms with Crippen molar-refractivity contribution in [1.82, 2.24) is 9.80 Å². The number of hydrogen-bond donors (Lipinski definition) is 0. The summed E-state index contributed by atoms with van der Waals surface area (Å²) < 4.78 is 5.14. The first-order valence-electron chi connectivity index (χ1n) is 11.2. The summed E-state index contributed by atoms with van der Waals surface area (Å²) in [6.07, 6.45) is 7.45. The number of carbonyl (C=O) groups is 2. The van der Waals surface area contributed by atoms with Crippen LogP contribution in [0.1, 0.15) is 49.7 Å². The Labute approximate surface area is 174 Å². The molecule has 1 unspecified atom stereocenters. The highest BCUT2D eigenvalue weighted by atomic mass is 16.5. The van der Waals surface area contributed by atoms with Gasteiger partial charge in [-0.15, -0.1) is 0 Å². The maximum Gasteiger partial charge on any atom is 0.226 e. The Morgan fingerprint density at radius 2 is 1.90 bits per heavy atom. The summed E-state index contributed by atoms with van der Waals surface area (Å²) >= 11 is 0. The molecule has 1 aromatic rings. The molecule has 1 aliphatic carbocycles. The first kappa shape index (κ1) is 20.4. The van der Waals surface area contributed by atoms with Crippen molar-refractivity contribution >= 4 is 11.8 Å². The zero-order valence-electron chi connectivity index (χ0n) is 17.7. The zero-order chi connectivity index (χ0) is 20.3. The summed E-state index contributed by atoms with van der Waals surface area (Å²) in [4.78, 5) is 29.6. The van der Waals surface area contributed by atoms with Crippen molar-refractivity contribution in [2.24, 2.45) is 11.3 Å². The van der Waals surface area contributed by atoms with Gasteiger partial charge in [-0.2, -0.15) is 0 Å². The first-order valence-corrected chi connectivity index (χ1v) is 11.2. The molecule has 2 heterocycles. The molecule has 2 fully saturated rings. The van der Waals surface area contributed by atoms with E-state index in [1.165, 1.54) is 11.1 Å². The number of methoxy groups -OCH3 is 1. The minimum Gasteiger partial charge on any atom is -0.385 e. The van der Waals surface area contributed by atoms with Crippen LogP contribution in [0.5, 0.6) is 0 Å². The Morgan fingerprint density at radius 1 is 1.14 bits per heavy atom. The van der Waals surface area contributed by atoms with Crippen molar-refractivity contribution < 1.29 is 14.3 Å². The Bertz CT molecular complexity index is 739. The second kappa shape index (κ2) is 8.86. The fraction of sp³-hybridized carbons (Fsp3) is 0.667. The molecule has 0 radical (unpaired) electrons. The van der Waals surface area contributed by atoms with E-state index < -0.39 is 0 Å². The van der Waals surface area contributed by atoms with E-state index in [2.05, 4.69) is 29.2 Å². The van der Waals surface area contributed by atoms with Gasteiger partial charge in [0, 0.05) is 52.2 Å². The minimum atomic E-state index is 0.137. The molecule has 0 saturated carbocycles. The van der Waals surface area contributed by atoms with E-state index in [0.717, 1.165) is 71.1 Å². The number of carbonyl (C=O) groups excluding carboxylic acids is 2. The Morgan fingerprint density at radius 3 is 2.66 bits per heavy atom. The number of likely N-dealkylation sites (tertiary alicyclic amines) is 2. The van der Waals surface area contributed by atoms with E-state index in [0.29, 0.717) is 18.9 Å². The van der Waals surface area contributed by atoms with Gasteiger partial charge >= 0.3 is 0 Å². The summed E-state index contributed by atoms with van der Waals surface area (Å²) in [6.45, 7) is 4.03. The van der Waals surface area contributed by atoms with E-state index in [-0.39, 0.29) is 17.2 Å². The van der Waals surface area contributed by atoms with Gasteiger partial charge in [-0.05, 0) is 61.5 Å². The molecule has 158 valence electrons. The first-order chi connectivity index (χ1) is 14.1. The lowest BCUT2D eigenvalue weighted by Crippen LogP contribution is -2.53. The lowest BCUT2D eigenvalue weighted by Gasteiger charge is -2.48. The Hall–Kier alpha value is -1.88. The third kappa shape index (κ3) is 4.50. The number of amides is 2. The number of benzene rings is 1. The van der Waals surface area contributed by atoms with Crippen molar-refractivity contribution in [3.8, 4) is 0 Å². The molecule has 0 bridgehead atoms. The summed E-state index contributed by atoms with van der Waals surface area (Å²) in [6, 6.07) is 8.55. The molecule has 2 amide bonds. The molecule has 5 heteroatoms. The standard InChI is InChI=1S/C24H34N2O3/c1-29-16-4-13-26-18-24(10-9-22(26)27)11-14-25(15-12-24)23(28)21-8-7-19-5-2-3-6-20(19)17-21/h2-3,5-6,21H,4,7-18H2,1H3. The number of hydrogen-bond acceptors (Lipinski definition) is 3. The van der Waals surface area contributed by atoms with E-state index in [9.17, 15) is 9.59 Å². The fourth-order valence-corrected chi connectivity index (χ4v) is 5.48. The number of ether oxygens (including phenoxy) is 1. The van der Waals surface area contributed by atoms with Gasteiger partial charge in [-0.1, -0.05) is 24.3 Å². The van der Waals surface area contributed by atoms with Crippen molar-refractivity contribution in [3.05, 3.63) is 35.4 Å². The van der Waals surface area contributed by atoms with Gasteiger partial charge in [0.05, 0.1) is 0 Å². The van der Waals surface area contributed by atoms with Gasteiger partial charge in [-0.3, -0.25) is 9.59 Å². The van der Waals surface area contributed by atoms with Gasteiger partial charge in [0.2, 0.25) is 11.8 Å². The molecule has 0 N–H and O–H groups in total. The quantitative estimate of drug-likeness (QED) is 0.717. The SMILES string of the molecule is COCCCN1CC2(CCC1=O)CCN(C(=O)C1CCc3ccccc3C1)CC2. The van der Waals surface area contributed by atoms with Crippen LogP contribution >= 0.6 is 0 Å². The van der Waals surface area contributed by atoms with E-state index >= 15 is 0 Å². The number of nitrogens with zero attached hydrogens (tertiary/aromatic N) is 2. The van der Waals surface area contributed by atoms with Crippen LogP contribution in [0.2, 0.25) is 0 Å². The van der Waals surface area contributed by atoms with E-state index in [1.54, 1.807) is 7.11 Å². The summed E-state index contributed by atoms with van der Waals surface area (Å²) in [5.74, 6) is 0.765. The number of fused-ring (bicyclic) bond motifs is 1. The zero-order valence-corrected chi connectivity index (χ0v) is 17.7.